The van der Waals surface area contributed by atoms with Crippen molar-refractivity contribution in [2.24, 2.45) is 5.92 Å². The van der Waals surface area contributed by atoms with Crippen LogP contribution in [0, 0.1) is 5.92 Å². The fourth-order valence-electron chi connectivity index (χ4n) is 1.93. The lowest BCUT2D eigenvalue weighted by atomic mass is 10.3. The van der Waals surface area contributed by atoms with Crippen molar-refractivity contribution in [3.05, 3.63) is 0 Å². The summed E-state index contributed by atoms with van der Waals surface area (Å²) in [5.41, 5.74) is 0. The van der Waals surface area contributed by atoms with Crippen molar-refractivity contribution in [3.8, 4) is 0 Å². The molecule has 0 radical (unpaired) electrons. The van der Waals surface area contributed by atoms with Gasteiger partial charge in [0.25, 0.3) is 0 Å². The number of nitrogens with zero attached hydrogens (tertiary/aromatic N) is 4. The minimum atomic E-state index is 0.531. The average Bonchev–Trinajstić information content (AvgIpc) is 2.95. The highest BCUT2D eigenvalue weighted by Crippen LogP contribution is 2.31. The number of thioether (sulfide) groups is 1. The van der Waals surface area contributed by atoms with Crippen molar-refractivity contribution in [3.63, 3.8) is 0 Å². The van der Waals surface area contributed by atoms with E-state index >= 15 is 0 Å². The molecule has 1 aromatic rings. The lowest BCUT2D eigenvalue weighted by Gasteiger charge is -2.11. The normalized spacial score (nSPS) is 19.1. The van der Waals surface area contributed by atoms with Gasteiger partial charge >= 0.3 is 0 Å². The minimum Gasteiger partial charge on any atom is -0.217 e. The zero-order valence-electron chi connectivity index (χ0n) is 9.54. The van der Waals surface area contributed by atoms with E-state index in [1.165, 1.54) is 25.7 Å². The monoisotopic (exact) mass is 258 g/mol. The molecular formula is C10H18N4S2. The first-order valence-electron chi connectivity index (χ1n) is 5.82. The molecule has 1 atom stereocenters. The minimum absolute atomic E-state index is 0.531. The van der Waals surface area contributed by atoms with Crippen molar-refractivity contribution in [2.45, 2.75) is 43.8 Å². The standard InChI is InChI=1S/C10H18N4S2/c1-8(6-15)7-16-10-11-12-13-14(10)9-4-2-3-5-9/h8-9,15H,2-7H2,1H3. The second kappa shape index (κ2) is 5.91. The Bertz CT molecular complexity index is 322. The SMILES string of the molecule is CC(CS)CSc1nnnn1C1CCCC1. The highest BCUT2D eigenvalue weighted by atomic mass is 32.2. The highest BCUT2D eigenvalue weighted by molar-refractivity contribution is 7.99. The fourth-order valence-corrected chi connectivity index (χ4v) is 3.20. The third kappa shape index (κ3) is 2.91. The molecule has 1 fully saturated rings. The molecule has 1 aromatic heterocycles. The van der Waals surface area contributed by atoms with Gasteiger partial charge in [0, 0.05) is 5.75 Å². The summed E-state index contributed by atoms with van der Waals surface area (Å²) in [6, 6.07) is 0.531. The predicted octanol–water partition coefficient (Wildman–Crippen LogP) is 2.45. The zero-order chi connectivity index (χ0) is 11.4. The largest absolute Gasteiger partial charge is 0.217 e. The Morgan fingerprint density at radius 2 is 2.25 bits per heavy atom. The van der Waals surface area contributed by atoms with Gasteiger partial charge in [0.05, 0.1) is 6.04 Å². The summed E-state index contributed by atoms with van der Waals surface area (Å²) in [5, 5.41) is 13.0. The number of aromatic nitrogens is 4. The van der Waals surface area contributed by atoms with Crippen LogP contribution in [0.3, 0.4) is 0 Å². The molecule has 6 heteroatoms. The van der Waals surface area contributed by atoms with E-state index in [4.69, 9.17) is 0 Å². The van der Waals surface area contributed by atoms with Gasteiger partial charge in [-0.1, -0.05) is 31.5 Å². The van der Waals surface area contributed by atoms with Crippen molar-refractivity contribution in [1.82, 2.24) is 20.2 Å². The van der Waals surface area contributed by atoms with Gasteiger partial charge in [0.2, 0.25) is 5.16 Å². The molecule has 2 rings (SSSR count). The number of tetrazole rings is 1. The van der Waals surface area contributed by atoms with Gasteiger partial charge in [-0.05, 0) is 34.9 Å². The van der Waals surface area contributed by atoms with E-state index in [0.717, 1.165) is 16.7 Å². The van der Waals surface area contributed by atoms with Gasteiger partial charge in [0.15, 0.2) is 0 Å². The van der Waals surface area contributed by atoms with Crippen LogP contribution in [-0.4, -0.2) is 31.7 Å². The molecule has 0 aromatic carbocycles. The molecule has 16 heavy (non-hydrogen) atoms. The maximum absolute atomic E-state index is 4.29. The molecule has 90 valence electrons. The molecule has 4 nitrogen and oxygen atoms in total. The summed E-state index contributed by atoms with van der Waals surface area (Å²) < 4.78 is 2.02. The first kappa shape index (κ1) is 12.2. The quantitative estimate of drug-likeness (QED) is 0.651. The van der Waals surface area contributed by atoms with Gasteiger partial charge in [0.1, 0.15) is 0 Å². The Balaban J connectivity index is 1.95. The van der Waals surface area contributed by atoms with Gasteiger partial charge < -0.3 is 0 Å². The molecule has 1 unspecified atom stereocenters. The van der Waals surface area contributed by atoms with E-state index in [9.17, 15) is 0 Å². The second-order valence-electron chi connectivity index (χ2n) is 4.44. The molecular weight excluding hydrogens is 240 g/mol. The topological polar surface area (TPSA) is 43.6 Å². The predicted molar refractivity (Wildman–Crippen MR) is 69.1 cm³/mol. The average molecular weight is 258 g/mol. The highest BCUT2D eigenvalue weighted by Gasteiger charge is 2.21. The van der Waals surface area contributed by atoms with Crippen LogP contribution in [-0.2, 0) is 0 Å². The van der Waals surface area contributed by atoms with E-state index in [-0.39, 0.29) is 0 Å². The van der Waals surface area contributed by atoms with Crippen LogP contribution in [0.15, 0.2) is 5.16 Å². The summed E-state index contributed by atoms with van der Waals surface area (Å²) in [6.07, 6.45) is 5.06. The van der Waals surface area contributed by atoms with E-state index < -0.39 is 0 Å². The maximum atomic E-state index is 4.29. The Labute approximate surface area is 106 Å². The lowest BCUT2D eigenvalue weighted by molar-refractivity contribution is 0.423. The molecule has 1 saturated carbocycles. The molecule has 0 saturated heterocycles. The summed E-state index contributed by atoms with van der Waals surface area (Å²) in [4.78, 5) is 0. The number of thiol groups is 1. The molecule has 1 aliphatic rings. The van der Waals surface area contributed by atoms with Crippen LogP contribution < -0.4 is 0 Å². The summed E-state index contributed by atoms with van der Waals surface area (Å²) in [5.74, 6) is 2.55. The zero-order valence-corrected chi connectivity index (χ0v) is 11.3. The van der Waals surface area contributed by atoms with Crippen LogP contribution in [0.4, 0.5) is 0 Å². The fraction of sp³-hybridized carbons (Fsp3) is 0.900. The molecule has 0 amide bonds. The van der Waals surface area contributed by atoms with Crippen LogP contribution in [0.25, 0.3) is 0 Å². The van der Waals surface area contributed by atoms with Crippen LogP contribution in [0.1, 0.15) is 38.6 Å². The van der Waals surface area contributed by atoms with Crippen molar-refractivity contribution >= 4 is 24.4 Å². The van der Waals surface area contributed by atoms with Gasteiger partial charge in [-0.3, -0.25) is 0 Å². The third-order valence-electron chi connectivity index (χ3n) is 2.94. The van der Waals surface area contributed by atoms with Crippen LogP contribution in [0.2, 0.25) is 0 Å². The number of hydrogen-bond donors (Lipinski definition) is 1. The van der Waals surface area contributed by atoms with E-state index in [0.29, 0.717) is 12.0 Å². The van der Waals surface area contributed by atoms with Gasteiger partial charge in [-0.15, -0.1) is 5.10 Å². The van der Waals surface area contributed by atoms with E-state index in [1.807, 2.05) is 4.68 Å². The lowest BCUT2D eigenvalue weighted by Crippen LogP contribution is -2.09. The second-order valence-corrected chi connectivity index (χ2v) is 5.80. The molecule has 1 heterocycles. The number of rotatable bonds is 5. The Morgan fingerprint density at radius 3 is 2.94 bits per heavy atom. The number of hydrogen-bond acceptors (Lipinski definition) is 5. The third-order valence-corrected chi connectivity index (χ3v) is 4.83. The Kier molecular flexibility index (Phi) is 4.52. The molecule has 0 aliphatic heterocycles. The van der Waals surface area contributed by atoms with Crippen molar-refractivity contribution in [1.29, 1.82) is 0 Å². The van der Waals surface area contributed by atoms with Crippen LogP contribution in [0.5, 0.6) is 0 Å². The molecule has 0 N–H and O–H groups in total. The van der Waals surface area contributed by atoms with Crippen molar-refractivity contribution in [2.75, 3.05) is 11.5 Å². The first-order valence-corrected chi connectivity index (χ1v) is 7.44. The summed E-state index contributed by atoms with van der Waals surface area (Å²) in [6.45, 7) is 2.20. The van der Waals surface area contributed by atoms with E-state index in [1.54, 1.807) is 11.8 Å². The maximum Gasteiger partial charge on any atom is 0.209 e. The summed E-state index contributed by atoms with van der Waals surface area (Å²) >= 11 is 6.04. The van der Waals surface area contributed by atoms with Gasteiger partial charge in [-0.2, -0.15) is 12.6 Å². The Morgan fingerprint density at radius 1 is 1.50 bits per heavy atom. The first-order chi connectivity index (χ1) is 7.81. The van der Waals surface area contributed by atoms with Crippen LogP contribution >= 0.6 is 24.4 Å². The van der Waals surface area contributed by atoms with E-state index in [2.05, 4.69) is 35.1 Å². The molecule has 0 bridgehead atoms. The Hall–Kier alpha value is -0.230. The van der Waals surface area contributed by atoms with Crippen molar-refractivity contribution < 1.29 is 0 Å². The smallest absolute Gasteiger partial charge is 0.209 e. The molecule has 0 spiro atoms. The summed E-state index contributed by atoms with van der Waals surface area (Å²) in [7, 11) is 0. The van der Waals surface area contributed by atoms with Gasteiger partial charge in [-0.25, -0.2) is 4.68 Å². The molecule has 1 aliphatic carbocycles.